The molecule has 0 aliphatic carbocycles. The van der Waals surface area contributed by atoms with Crippen LogP contribution in [0.15, 0.2) is 60.9 Å². The summed E-state index contributed by atoms with van der Waals surface area (Å²) in [7, 11) is 1.29. The van der Waals surface area contributed by atoms with Crippen molar-refractivity contribution >= 4 is 41.4 Å². The van der Waals surface area contributed by atoms with Crippen molar-refractivity contribution < 1.29 is 47.7 Å². The zero-order chi connectivity index (χ0) is 33.4. The van der Waals surface area contributed by atoms with Crippen LogP contribution in [0.2, 0.25) is 5.15 Å². The van der Waals surface area contributed by atoms with E-state index in [9.17, 15) is 24.0 Å². The molecule has 0 unspecified atom stereocenters. The molecule has 0 radical (unpaired) electrons. The molecular formula is C32H32ClN3O10. The van der Waals surface area contributed by atoms with Crippen molar-refractivity contribution in [1.29, 1.82) is 0 Å². The van der Waals surface area contributed by atoms with Gasteiger partial charge in [0.1, 0.15) is 23.8 Å². The van der Waals surface area contributed by atoms with Crippen LogP contribution in [0, 0.1) is 11.8 Å². The first kappa shape index (κ1) is 33.8. The standard InChI is InChI=1S/C32H32ClN3O10/c1-17(2)29(38)45-26-18(3)44-32(41)22(16-43-31(40)21(26)14-19-8-6-5-7-9-19)36-28(37)25-27(23(42-4)11-13-35-25)46-30(39)20-10-12-34-24(33)15-20/h5-13,15,17-18,21-22,26H,14,16H2,1-4H3,(H,36,37)/t18-,21+,22-,26-/m0/s1. The molecule has 3 aromatic rings. The topological polar surface area (TPSA) is 169 Å². The van der Waals surface area contributed by atoms with Gasteiger partial charge in [-0.3, -0.25) is 14.4 Å². The molecule has 1 amide bonds. The van der Waals surface area contributed by atoms with Crippen LogP contribution in [-0.2, 0) is 35.0 Å². The van der Waals surface area contributed by atoms with Crippen LogP contribution < -0.4 is 14.8 Å². The van der Waals surface area contributed by atoms with Gasteiger partial charge in [0.05, 0.1) is 18.6 Å². The minimum absolute atomic E-state index is 0.00990. The first-order valence-corrected chi connectivity index (χ1v) is 14.6. The number of ether oxygens (including phenoxy) is 5. The van der Waals surface area contributed by atoms with Gasteiger partial charge in [0.2, 0.25) is 5.75 Å². The van der Waals surface area contributed by atoms with Gasteiger partial charge in [0.15, 0.2) is 23.6 Å². The van der Waals surface area contributed by atoms with E-state index in [4.69, 9.17) is 35.3 Å². The molecule has 13 nitrogen and oxygen atoms in total. The summed E-state index contributed by atoms with van der Waals surface area (Å²) in [6.45, 7) is 4.14. The third kappa shape index (κ3) is 8.36. The van der Waals surface area contributed by atoms with E-state index in [1.54, 1.807) is 38.1 Å². The Morgan fingerprint density at radius 3 is 2.43 bits per heavy atom. The average Bonchev–Trinajstić information content (AvgIpc) is 3.07. The SMILES string of the molecule is COc1ccnc(C(=O)N[C@H]2COC(=O)[C@H](Cc3ccccc3)[C@@H](OC(=O)C(C)C)[C@H](C)OC2=O)c1OC(=O)c1ccnc(Cl)c1. The number of nitrogens with zero attached hydrogens (tertiary/aromatic N) is 2. The van der Waals surface area contributed by atoms with Crippen molar-refractivity contribution in [2.24, 2.45) is 11.8 Å². The Balaban J connectivity index is 1.59. The fourth-order valence-electron chi connectivity index (χ4n) is 4.51. The lowest BCUT2D eigenvalue weighted by molar-refractivity contribution is -0.176. The van der Waals surface area contributed by atoms with Crippen molar-refractivity contribution in [3.8, 4) is 11.5 Å². The number of benzene rings is 1. The minimum atomic E-state index is -1.51. The molecule has 1 saturated heterocycles. The zero-order valence-electron chi connectivity index (χ0n) is 25.4. The molecule has 1 N–H and O–H groups in total. The second kappa shape index (κ2) is 15.3. The van der Waals surface area contributed by atoms with Gasteiger partial charge in [-0.2, -0.15) is 0 Å². The van der Waals surface area contributed by atoms with Crippen LogP contribution in [0.1, 0.15) is 47.2 Å². The van der Waals surface area contributed by atoms with Crippen LogP contribution in [0.5, 0.6) is 11.5 Å². The summed E-state index contributed by atoms with van der Waals surface area (Å²) in [6, 6.07) is 11.5. The van der Waals surface area contributed by atoms with Crippen molar-refractivity contribution in [3.63, 3.8) is 0 Å². The highest BCUT2D eigenvalue weighted by Crippen LogP contribution is 2.31. The lowest BCUT2D eigenvalue weighted by atomic mass is 9.91. The van der Waals surface area contributed by atoms with E-state index in [-0.39, 0.29) is 28.6 Å². The van der Waals surface area contributed by atoms with Gasteiger partial charge >= 0.3 is 23.9 Å². The van der Waals surface area contributed by atoms with Crippen LogP contribution >= 0.6 is 11.6 Å². The number of rotatable bonds is 9. The van der Waals surface area contributed by atoms with Crippen LogP contribution in [0.4, 0.5) is 0 Å². The highest BCUT2D eigenvalue weighted by molar-refractivity contribution is 6.29. The summed E-state index contributed by atoms with van der Waals surface area (Å²) in [5.74, 6) is -6.09. The molecule has 3 heterocycles. The molecule has 0 spiro atoms. The second-order valence-corrected chi connectivity index (χ2v) is 11.0. The van der Waals surface area contributed by atoms with E-state index >= 15 is 0 Å². The third-order valence-corrected chi connectivity index (χ3v) is 7.14. The van der Waals surface area contributed by atoms with E-state index in [2.05, 4.69) is 15.3 Å². The highest BCUT2D eigenvalue weighted by atomic mass is 35.5. The molecule has 1 fully saturated rings. The molecule has 1 aliphatic rings. The number of hydrogen-bond acceptors (Lipinski definition) is 12. The molecule has 4 rings (SSSR count). The summed E-state index contributed by atoms with van der Waals surface area (Å²) in [6.07, 6.45) is 0.373. The Morgan fingerprint density at radius 1 is 1.04 bits per heavy atom. The summed E-state index contributed by atoms with van der Waals surface area (Å²) in [4.78, 5) is 73.6. The Labute approximate surface area is 269 Å². The van der Waals surface area contributed by atoms with Crippen molar-refractivity contribution in [2.45, 2.75) is 45.4 Å². The lowest BCUT2D eigenvalue weighted by Crippen LogP contribution is -2.47. The Bertz CT molecular complexity index is 1600. The molecule has 242 valence electrons. The van der Waals surface area contributed by atoms with E-state index in [1.807, 2.05) is 6.07 Å². The van der Waals surface area contributed by atoms with Crippen molar-refractivity contribution in [1.82, 2.24) is 15.3 Å². The van der Waals surface area contributed by atoms with E-state index in [1.165, 1.54) is 44.6 Å². The largest absolute Gasteiger partial charge is 0.493 e. The van der Waals surface area contributed by atoms with Gasteiger partial charge in [-0.1, -0.05) is 55.8 Å². The molecule has 2 aromatic heterocycles. The van der Waals surface area contributed by atoms with Gasteiger partial charge in [-0.25, -0.2) is 19.6 Å². The fourth-order valence-corrected chi connectivity index (χ4v) is 4.68. The minimum Gasteiger partial charge on any atom is -0.493 e. The number of amides is 1. The lowest BCUT2D eigenvalue weighted by Gasteiger charge is -2.29. The molecule has 0 bridgehead atoms. The Hall–Kier alpha value is -5.04. The molecule has 1 aromatic carbocycles. The maximum atomic E-state index is 13.5. The monoisotopic (exact) mass is 653 g/mol. The number of hydrogen-bond donors (Lipinski definition) is 1. The van der Waals surface area contributed by atoms with E-state index < -0.39 is 72.2 Å². The predicted molar refractivity (Wildman–Crippen MR) is 161 cm³/mol. The molecule has 0 saturated carbocycles. The quantitative estimate of drug-likeness (QED) is 0.203. The third-order valence-electron chi connectivity index (χ3n) is 6.93. The summed E-state index contributed by atoms with van der Waals surface area (Å²) in [5.41, 5.74) is 0.388. The summed E-state index contributed by atoms with van der Waals surface area (Å²) in [5, 5.41) is 2.48. The van der Waals surface area contributed by atoms with Crippen molar-refractivity contribution in [2.75, 3.05) is 13.7 Å². The second-order valence-electron chi connectivity index (χ2n) is 10.6. The van der Waals surface area contributed by atoms with Gasteiger partial charge < -0.3 is 29.0 Å². The normalized spacial score (nSPS) is 19.9. The Morgan fingerprint density at radius 2 is 1.76 bits per heavy atom. The highest BCUT2D eigenvalue weighted by Gasteiger charge is 2.42. The van der Waals surface area contributed by atoms with Gasteiger partial charge in [0.25, 0.3) is 5.91 Å². The molecule has 14 heteroatoms. The number of aromatic nitrogens is 2. The molecule has 4 atom stereocenters. The van der Waals surface area contributed by atoms with Gasteiger partial charge in [0, 0.05) is 18.5 Å². The number of carbonyl (C=O) groups excluding carboxylic acids is 5. The van der Waals surface area contributed by atoms with Gasteiger partial charge in [-0.05, 0) is 31.0 Å². The van der Waals surface area contributed by atoms with Crippen molar-refractivity contribution in [3.05, 3.63) is 82.9 Å². The first-order chi connectivity index (χ1) is 22.0. The number of halogens is 1. The fraction of sp³-hybridized carbons (Fsp3) is 0.344. The zero-order valence-corrected chi connectivity index (χ0v) is 26.2. The summed E-state index contributed by atoms with van der Waals surface area (Å²) < 4.78 is 27.5. The number of pyridine rings is 2. The number of carbonyl (C=O) groups is 5. The number of methoxy groups -OCH3 is 1. The maximum Gasteiger partial charge on any atom is 0.343 e. The van der Waals surface area contributed by atoms with E-state index in [0.29, 0.717) is 0 Å². The molecule has 46 heavy (non-hydrogen) atoms. The van der Waals surface area contributed by atoms with E-state index in [0.717, 1.165) is 5.56 Å². The average molecular weight is 654 g/mol. The number of esters is 4. The molecule has 1 aliphatic heterocycles. The molecular weight excluding hydrogens is 622 g/mol. The Kier molecular flexibility index (Phi) is 11.3. The maximum absolute atomic E-state index is 13.5. The smallest absolute Gasteiger partial charge is 0.343 e. The van der Waals surface area contributed by atoms with Crippen LogP contribution in [0.3, 0.4) is 0 Å². The van der Waals surface area contributed by atoms with Crippen LogP contribution in [0.25, 0.3) is 0 Å². The number of cyclic esters (lactones) is 2. The number of nitrogens with one attached hydrogen (secondary N) is 1. The summed E-state index contributed by atoms with van der Waals surface area (Å²) >= 11 is 5.88. The van der Waals surface area contributed by atoms with Gasteiger partial charge in [-0.15, -0.1) is 0 Å². The first-order valence-electron chi connectivity index (χ1n) is 14.3. The predicted octanol–water partition coefficient (Wildman–Crippen LogP) is 3.37. The van der Waals surface area contributed by atoms with Crippen LogP contribution in [-0.4, -0.2) is 71.7 Å².